The van der Waals surface area contributed by atoms with Gasteiger partial charge < -0.3 is 9.47 Å². The Morgan fingerprint density at radius 2 is 0.902 bits per heavy atom. The minimum Gasteiger partial charge on any atom is -0.353 e. The van der Waals surface area contributed by atoms with Gasteiger partial charge in [0.15, 0.2) is 12.4 Å². The molecule has 11 nitrogen and oxygen atoms in total. The van der Waals surface area contributed by atoms with Gasteiger partial charge in [0.1, 0.15) is 12.2 Å². The highest BCUT2D eigenvalue weighted by molar-refractivity contribution is 7.87. The van der Waals surface area contributed by atoms with Crippen LogP contribution in [0.1, 0.15) is 16.7 Å². The number of benzene rings is 3. The molecule has 0 aliphatic carbocycles. The van der Waals surface area contributed by atoms with Crippen molar-refractivity contribution in [3.8, 4) is 0 Å². The minimum atomic E-state index is -4.59. The van der Waals surface area contributed by atoms with Crippen LogP contribution in [-0.2, 0) is 52.4 Å². The summed E-state index contributed by atoms with van der Waals surface area (Å²) < 4.78 is 107. The van der Waals surface area contributed by atoms with Crippen LogP contribution in [0, 0.1) is 20.8 Å². The lowest BCUT2D eigenvalue weighted by molar-refractivity contribution is -0.243. The zero-order valence-corrected chi connectivity index (χ0v) is 25.1. The third kappa shape index (κ3) is 7.40. The zero-order chi connectivity index (χ0) is 30.0. The van der Waals surface area contributed by atoms with Crippen LogP contribution in [-0.4, -0.2) is 63.6 Å². The predicted octanol–water partition coefficient (Wildman–Crippen LogP) is 3.24. The fourth-order valence-corrected chi connectivity index (χ4v) is 7.23. The maximum absolute atomic E-state index is 13.3. The van der Waals surface area contributed by atoms with E-state index in [1.807, 2.05) is 0 Å². The summed E-state index contributed by atoms with van der Waals surface area (Å²) in [5.41, 5.74) is 2.37. The quantitative estimate of drug-likeness (QED) is 0.305. The first-order chi connectivity index (χ1) is 19.2. The number of hydrogen-bond acceptors (Lipinski definition) is 11. The highest BCUT2D eigenvalue weighted by atomic mass is 32.2. The van der Waals surface area contributed by atoms with Crippen molar-refractivity contribution < 1.29 is 47.3 Å². The van der Waals surface area contributed by atoms with Gasteiger partial charge in [-0.05, 0) is 57.2 Å². The van der Waals surface area contributed by atoms with Gasteiger partial charge in [-0.1, -0.05) is 53.1 Å². The van der Waals surface area contributed by atoms with Crippen molar-refractivity contribution in [2.45, 2.75) is 60.1 Å². The van der Waals surface area contributed by atoms with Gasteiger partial charge in [0.2, 0.25) is 0 Å². The molecule has 1 heterocycles. The number of ether oxygens (including phenoxy) is 2. The number of aryl methyl sites for hydroxylation is 3. The lowest BCUT2D eigenvalue weighted by Gasteiger charge is -2.39. The smallest absolute Gasteiger partial charge is 0.297 e. The Hall–Kier alpha value is -2.69. The third-order valence-corrected chi connectivity index (χ3v) is 10.3. The van der Waals surface area contributed by atoms with Gasteiger partial charge in [-0.3, -0.25) is 12.5 Å². The van der Waals surface area contributed by atoms with Crippen molar-refractivity contribution in [1.29, 1.82) is 0 Å². The summed E-state index contributed by atoms with van der Waals surface area (Å²) in [7, 11) is -12.4. The van der Waals surface area contributed by atoms with Crippen molar-refractivity contribution >= 4 is 30.4 Å². The Balaban J connectivity index is 1.75. The Morgan fingerprint density at radius 3 is 1.27 bits per heavy atom. The van der Waals surface area contributed by atoms with Gasteiger partial charge in [0, 0.05) is 7.11 Å². The molecule has 3 aromatic rings. The summed E-state index contributed by atoms with van der Waals surface area (Å²) in [5.74, 6) is 0. The van der Waals surface area contributed by atoms with E-state index in [0.29, 0.717) is 0 Å². The van der Waals surface area contributed by atoms with Crippen molar-refractivity contribution in [2.75, 3.05) is 13.7 Å². The maximum Gasteiger partial charge on any atom is 0.297 e. The van der Waals surface area contributed by atoms with Gasteiger partial charge in [0.05, 0.1) is 21.3 Å². The number of hydrogen-bond donors (Lipinski definition) is 0. The Kier molecular flexibility index (Phi) is 9.35. The second kappa shape index (κ2) is 12.3. The van der Waals surface area contributed by atoms with Crippen LogP contribution in [0.4, 0.5) is 0 Å². The molecular weight excluding hydrogens is 596 g/mol. The molecule has 0 unspecified atom stereocenters. The molecule has 0 spiro atoms. The van der Waals surface area contributed by atoms with Gasteiger partial charge in [-0.25, -0.2) is 0 Å². The van der Waals surface area contributed by atoms with E-state index in [1.165, 1.54) is 43.5 Å². The molecule has 0 saturated carbocycles. The fourth-order valence-electron chi connectivity index (χ4n) is 3.98. The second-order valence-corrected chi connectivity index (χ2v) is 14.2. The molecule has 1 fully saturated rings. The Labute approximate surface area is 240 Å². The molecule has 14 heteroatoms. The first-order valence-electron chi connectivity index (χ1n) is 12.4. The lowest BCUT2D eigenvalue weighted by Crippen LogP contribution is -2.58. The molecule has 0 amide bonds. The van der Waals surface area contributed by atoms with E-state index in [4.69, 9.17) is 22.0 Å². The molecule has 1 saturated heterocycles. The Morgan fingerprint density at radius 1 is 0.561 bits per heavy atom. The molecule has 0 radical (unpaired) electrons. The van der Waals surface area contributed by atoms with Gasteiger partial charge in [0.25, 0.3) is 30.4 Å². The van der Waals surface area contributed by atoms with Crippen molar-refractivity contribution in [2.24, 2.45) is 0 Å². The molecule has 222 valence electrons. The average molecular weight is 627 g/mol. The molecule has 1 aliphatic rings. The summed E-state index contributed by atoms with van der Waals surface area (Å²) in [6.45, 7) is 4.78. The zero-order valence-electron chi connectivity index (χ0n) is 22.7. The van der Waals surface area contributed by atoms with Gasteiger partial charge >= 0.3 is 0 Å². The molecule has 41 heavy (non-hydrogen) atoms. The molecule has 4 atom stereocenters. The minimum absolute atomic E-state index is 0.207. The molecule has 4 rings (SSSR count). The summed E-state index contributed by atoms with van der Waals surface area (Å²) in [6.07, 6.45) is -6.74. The van der Waals surface area contributed by atoms with Crippen LogP contribution < -0.4 is 0 Å². The standard InChI is InChI=1S/C27H30O11S3/c1-18-5-11-21(12-6-18)39(28,29)36-24-17-35-27(34-4)26(38-41(32,33)23-15-9-20(3)10-16-23)25(24)37-40(30,31)22-13-7-19(2)8-14-22/h5-16,24-27H,17H2,1-4H3/t24-,25+,26+,27+/m1/s1. The average Bonchev–Trinajstić information content (AvgIpc) is 2.91. The normalized spacial score (nSPS) is 22.0. The van der Waals surface area contributed by atoms with E-state index in [2.05, 4.69) is 0 Å². The molecular formula is C27H30O11S3. The number of rotatable bonds is 10. The van der Waals surface area contributed by atoms with Crippen molar-refractivity contribution in [3.05, 3.63) is 89.5 Å². The lowest BCUT2D eigenvalue weighted by atomic mass is 10.1. The van der Waals surface area contributed by atoms with Crippen LogP contribution >= 0.6 is 0 Å². The molecule has 0 bridgehead atoms. The molecule has 1 aliphatic heterocycles. The van der Waals surface area contributed by atoms with Crippen LogP contribution in [0.5, 0.6) is 0 Å². The van der Waals surface area contributed by atoms with Crippen LogP contribution in [0.15, 0.2) is 87.5 Å². The van der Waals surface area contributed by atoms with Gasteiger partial charge in [-0.15, -0.1) is 0 Å². The fraction of sp³-hybridized carbons (Fsp3) is 0.333. The van der Waals surface area contributed by atoms with Crippen LogP contribution in [0.2, 0.25) is 0 Å². The monoisotopic (exact) mass is 626 g/mol. The van der Waals surface area contributed by atoms with E-state index in [-0.39, 0.29) is 14.7 Å². The predicted molar refractivity (Wildman–Crippen MR) is 146 cm³/mol. The van der Waals surface area contributed by atoms with E-state index < -0.39 is 61.6 Å². The molecule has 0 N–H and O–H groups in total. The van der Waals surface area contributed by atoms with Crippen molar-refractivity contribution in [1.82, 2.24) is 0 Å². The van der Waals surface area contributed by atoms with Gasteiger partial charge in [-0.2, -0.15) is 25.3 Å². The first-order valence-corrected chi connectivity index (χ1v) is 16.6. The van der Waals surface area contributed by atoms with E-state index >= 15 is 0 Å². The van der Waals surface area contributed by atoms with E-state index in [9.17, 15) is 25.3 Å². The topological polar surface area (TPSA) is 149 Å². The SMILES string of the molecule is CO[C@H]1OC[C@@H](OS(=O)(=O)c2ccc(C)cc2)[C@H](OS(=O)(=O)c2ccc(C)cc2)[C@@H]1OS(=O)(=O)c1ccc(C)cc1. The summed E-state index contributed by atoms with van der Waals surface area (Å²) in [6, 6.07) is 17.2. The second-order valence-electron chi connectivity index (χ2n) is 9.50. The Bertz CT molecular complexity index is 1670. The maximum atomic E-state index is 13.3. The first kappa shape index (κ1) is 31.3. The summed E-state index contributed by atoms with van der Waals surface area (Å²) in [5, 5.41) is 0. The highest BCUT2D eigenvalue weighted by Gasteiger charge is 2.50. The van der Waals surface area contributed by atoms with E-state index in [0.717, 1.165) is 16.7 Å². The van der Waals surface area contributed by atoms with E-state index in [1.54, 1.807) is 57.2 Å². The van der Waals surface area contributed by atoms with Crippen LogP contribution in [0.3, 0.4) is 0 Å². The number of methoxy groups -OCH3 is 1. The summed E-state index contributed by atoms with van der Waals surface area (Å²) in [4.78, 5) is -0.681. The van der Waals surface area contributed by atoms with Crippen LogP contribution in [0.25, 0.3) is 0 Å². The van der Waals surface area contributed by atoms with Crippen molar-refractivity contribution in [3.63, 3.8) is 0 Å². The molecule has 0 aromatic heterocycles. The highest BCUT2D eigenvalue weighted by Crippen LogP contribution is 2.32. The third-order valence-electron chi connectivity index (χ3n) is 6.27. The molecule has 3 aromatic carbocycles. The largest absolute Gasteiger partial charge is 0.353 e. The summed E-state index contributed by atoms with van der Waals surface area (Å²) >= 11 is 0.